The normalized spacial score (nSPS) is 10.7. The molecule has 0 heterocycles. The summed E-state index contributed by atoms with van der Waals surface area (Å²) in [6.07, 6.45) is 0. The predicted octanol–water partition coefficient (Wildman–Crippen LogP) is 5.18. The molecule has 0 spiro atoms. The van der Waals surface area contributed by atoms with Gasteiger partial charge in [0, 0.05) is 16.7 Å². The van der Waals surface area contributed by atoms with Crippen molar-refractivity contribution in [3.05, 3.63) is 64.1 Å². The summed E-state index contributed by atoms with van der Waals surface area (Å²) in [6.45, 7) is 5.29. The summed E-state index contributed by atoms with van der Waals surface area (Å²) in [4.78, 5) is 0. The van der Waals surface area contributed by atoms with Crippen LogP contribution in [0.4, 0.5) is 5.69 Å². The number of halogens is 1. The minimum Gasteiger partial charge on any atom is -0.381 e. The fourth-order valence-corrected chi connectivity index (χ4v) is 2.22. The van der Waals surface area contributed by atoms with E-state index >= 15 is 0 Å². The first-order valence-corrected chi connectivity index (χ1v) is 7.03. The van der Waals surface area contributed by atoms with Gasteiger partial charge in [0.1, 0.15) is 0 Å². The lowest BCUT2D eigenvalue weighted by Crippen LogP contribution is -1.99. The molecule has 0 saturated carbocycles. The van der Waals surface area contributed by atoms with Crippen LogP contribution in [0.5, 0.6) is 0 Å². The number of rotatable bonds is 4. The number of anilines is 1. The summed E-state index contributed by atoms with van der Waals surface area (Å²) < 4.78 is 1.10. The Kier molecular flexibility index (Phi) is 4.43. The minimum atomic E-state index is 0.595. The molecular formula is C16H18BrN. The smallest absolute Gasteiger partial charge is 0.0400 e. The Morgan fingerprint density at radius 3 is 2.39 bits per heavy atom. The molecule has 0 fully saturated rings. The van der Waals surface area contributed by atoms with E-state index in [1.165, 1.54) is 11.1 Å². The van der Waals surface area contributed by atoms with E-state index in [1.54, 1.807) is 0 Å². The third-order valence-corrected chi connectivity index (χ3v) is 3.46. The average Bonchev–Trinajstić information content (AvgIpc) is 2.37. The highest BCUT2D eigenvalue weighted by Crippen LogP contribution is 2.18. The molecule has 1 nitrogen and oxygen atoms in total. The molecule has 0 aliphatic heterocycles. The van der Waals surface area contributed by atoms with Gasteiger partial charge in [-0.1, -0.05) is 60.1 Å². The van der Waals surface area contributed by atoms with Crippen LogP contribution in [0.15, 0.2) is 53.0 Å². The molecule has 0 aliphatic carbocycles. The summed E-state index contributed by atoms with van der Waals surface area (Å²) in [7, 11) is 0. The number of nitrogens with one attached hydrogen (secondary N) is 1. The summed E-state index contributed by atoms with van der Waals surface area (Å²) in [5.74, 6) is 0.595. The summed E-state index contributed by atoms with van der Waals surface area (Å²) >= 11 is 3.47. The van der Waals surface area contributed by atoms with Gasteiger partial charge in [0.25, 0.3) is 0 Å². The van der Waals surface area contributed by atoms with Gasteiger partial charge in [0.2, 0.25) is 0 Å². The van der Waals surface area contributed by atoms with Crippen LogP contribution in [0.3, 0.4) is 0 Å². The molecule has 1 N–H and O–H groups in total. The van der Waals surface area contributed by atoms with Crippen molar-refractivity contribution in [1.82, 2.24) is 0 Å². The van der Waals surface area contributed by atoms with Crippen molar-refractivity contribution >= 4 is 21.6 Å². The summed E-state index contributed by atoms with van der Waals surface area (Å²) in [6, 6.07) is 17.0. The topological polar surface area (TPSA) is 12.0 Å². The van der Waals surface area contributed by atoms with Crippen LogP contribution >= 0.6 is 15.9 Å². The second kappa shape index (κ2) is 6.05. The van der Waals surface area contributed by atoms with Crippen LogP contribution < -0.4 is 5.32 Å². The molecular weight excluding hydrogens is 286 g/mol. The highest BCUT2D eigenvalue weighted by atomic mass is 79.9. The first-order valence-electron chi connectivity index (χ1n) is 6.23. The Labute approximate surface area is 117 Å². The van der Waals surface area contributed by atoms with Crippen LogP contribution in [0.1, 0.15) is 30.9 Å². The SMILES string of the molecule is CC(C)c1ccc(CNc2cccc(Br)c2)cc1. The van der Waals surface area contributed by atoms with E-state index < -0.39 is 0 Å². The van der Waals surface area contributed by atoms with Crippen molar-refractivity contribution in [3.63, 3.8) is 0 Å². The highest BCUT2D eigenvalue weighted by Gasteiger charge is 1.99. The lowest BCUT2D eigenvalue weighted by Gasteiger charge is -2.09. The van der Waals surface area contributed by atoms with Gasteiger partial charge in [-0.25, -0.2) is 0 Å². The van der Waals surface area contributed by atoms with Crippen molar-refractivity contribution in [1.29, 1.82) is 0 Å². The third kappa shape index (κ3) is 3.61. The molecule has 2 heteroatoms. The van der Waals surface area contributed by atoms with Gasteiger partial charge >= 0.3 is 0 Å². The van der Waals surface area contributed by atoms with Crippen molar-refractivity contribution < 1.29 is 0 Å². The fourth-order valence-electron chi connectivity index (χ4n) is 1.82. The zero-order chi connectivity index (χ0) is 13.0. The maximum absolute atomic E-state index is 3.47. The molecule has 0 aromatic heterocycles. The zero-order valence-corrected chi connectivity index (χ0v) is 12.4. The standard InChI is InChI=1S/C16H18BrN/c1-12(2)14-8-6-13(7-9-14)11-18-16-5-3-4-15(17)10-16/h3-10,12,18H,11H2,1-2H3. The second-order valence-corrected chi connectivity index (χ2v) is 5.68. The molecule has 0 unspecified atom stereocenters. The lowest BCUT2D eigenvalue weighted by atomic mass is 10.0. The van der Waals surface area contributed by atoms with E-state index in [-0.39, 0.29) is 0 Å². The highest BCUT2D eigenvalue weighted by molar-refractivity contribution is 9.10. The van der Waals surface area contributed by atoms with Crippen LogP contribution in [-0.2, 0) is 6.54 Å². The Morgan fingerprint density at radius 1 is 1.06 bits per heavy atom. The van der Waals surface area contributed by atoms with Crippen molar-refractivity contribution in [2.75, 3.05) is 5.32 Å². The average molecular weight is 304 g/mol. The van der Waals surface area contributed by atoms with Crippen molar-refractivity contribution in [2.45, 2.75) is 26.3 Å². The molecule has 94 valence electrons. The van der Waals surface area contributed by atoms with Gasteiger partial charge in [0.15, 0.2) is 0 Å². The van der Waals surface area contributed by atoms with Gasteiger partial charge in [-0.05, 0) is 35.2 Å². The molecule has 2 aromatic rings. The molecule has 0 atom stereocenters. The lowest BCUT2D eigenvalue weighted by molar-refractivity contribution is 0.865. The summed E-state index contributed by atoms with van der Waals surface area (Å²) in [5, 5.41) is 3.42. The largest absolute Gasteiger partial charge is 0.381 e. The first kappa shape index (κ1) is 13.2. The minimum absolute atomic E-state index is 0.595. The Balaban J connectivity index is 1.98. The quantitative estimate of drug-likeness (QED) is 0.820. The number of benzene rings is 2. The van der Waals surface area contributed by atoms with E-state index in [0.717, 1.165) is 16.7 Å². The number of hydrogen-bond acceptors (Lipinski definition) is 1. The zero-order valence-electron chi connectivity index (χ0n) is 10.8. The second-order valence-electron chi connectivity index (χ2n) is 4.76. The fraction of sp³-hybridized carbons (Fsp3) is 0.250. The van der Waals surface area contributed by atoms with Crippen molar-refractivity contribution in [2.24, 2.45) is 0 Å². The first-order chi connectivity index (χ1) is 8.65. The maximum Gasteiger partial charge on any atom is 0.0400 e. The molecule has 2 rings (SSSR count). The molecule has 2 aromatic carbocycles. The van der Waals surface area contributed by atoms with Gasteiger partial charge in [-0.2, -0.15) is 0 Å². The monoisotopic (exact) mass is 303 g/mol. The Morgan fingerprint density at radius 2 is 1.78 bits per heavy atom. The number of hydrogen-bond donors (Lipinski definition) is 1. The molecule has 0 aliphatic rings. The predicted molar refractivity (Wildman–Crippen MR) is 82.0 cm³/mol. The molecule has 0 radical (unpaired) electrons. The van der Waals surface area contributed by atoms with E-state index in [1.807, 2.05) is 12.1 Å². The van der Waals surface area contributed by atoms with Crippen LogP contribution in [0.25, 0.3) is 0 Å². The van der Waals surface area contributed by atoms with Crippen LogP contribution in [0.2, 0.25) is 0 Å². The third-order valence-electron chi connectivity index (χ3n) is 2.97. The van der Waals surface area contributed by atoms with Gasteiger partial charge in [-0.3, -0.25) is 0 Å². The van der Waals surface area contributed by atoms with E-state index in [9.17, 15) is 0 Å². The molecule has 18 heavy (non-hydrogen) atoms. The van der Waals surface area contributed by atoms with E-state index in [2.05, 4.69) is 71.5 Å². The Bertz CT molecular complexity index is 503. The van der Waals surface area contributed by atoms with Crippen LogP contribution in [0, 0.1) is 0 Å². The molecule has 0 saturated heterocycles. The van der Waals surface area contributed by atoms with E-state index in [4.69, 9.17) is 0 Å². The maximum atomic E-state index is 3.47. The van der Waals surface area contributed by atoms with Crippen LogP contribution in [-0.4, -0.2) is 0 Å². The van der Waals surface area contributed by atoms with Gasteiger partial charge in [0.05, 0.1) is 0 Å². The van der Waals surface area contributed by atoms with Gasteiger partial charge in [-0.15, -0.1) is 0 Å². The molecule has 0 amide bonds. The van der Waals surface area contributed by atoms with Gasteiger partial charge < -0.3 is 5.32 Å². The van der Waals surface area contributed by atoms with Crippen molar-refractivity contribution in [3.8, 4) is 0 Å². The summed E-state index contributed by atoms with van der Waals surface area (Å²) in [5.41, 5.74) is 3.83. The molecule has 0 bridgehead atoms. The Hall–Kier alpha value is -1.28. The van der Waals surface area contributed by atoms with E-state index in [0.29, 0.717) is 5.92 Å².